The van der Waals surface area contributed by atoms with Crippen LogP contribution in [0.25, 0.3) is 0 Å². The maximum atomic E-state index is 12.7. The number of benzene rings is 1. The number of carbonyl (C=O) groups is 2. The third kappa shape index (κ3) is 4.95. The summed E-state index contributed by atoms with van der Waals surface area (Å²) in [5.41, 5.74) is 0.870. The van der Waals surface area contributed by atoms with E-state index < -0.39 is 28.5 Å². The number of ether oxygens (including phenoxy) is 1. The maximum Gasteiger partial charge on any atom is 0.374 e. The van der Waals surface area contributed by atoms with Gasteiger partial charge in [0.2, 0.25) is 15.8 Å². The van der Waals surface area contributed by atoms with Gasteiger partial charge in [-0.1, -0.05) is 19.9 Å². The molecule has 1 N–H and O–H groups in total. The second-order valence-corrected chi connectivity index (χ2v) is 7.58. The smallest absolute Gasteiger partial charge is 0.374 e. The van der Waals surface area contributed by atoms with Gasteiger partial charge < -0.3 is 14.5 Å². The van der Waals surface area contributed by atoms with E-state index in [9.17, 15) is 18.0 Å². The first-order valence-corrected chi connectivity index (χ1v) is 9.84. The van der Waals surface area contributed by atoms with Gasteiger partial charge in [-0.2, -0.15) is 4.31 Å². The second-order valence-electron chi connectivity index (χ2n) is 5.67. The van der Waals surface area contributed by atoms with E-state index in [1.165, 1.54) is 28.8 Å². The topological polar surface area (TPSA) is 106 Å². The van der Waals surface area contributed by atoms with E-state index in [0.717, 1.165) is 0 Å². The van der Waals surface area contributed by atoms with E-state index >= 15 is 0 Å². The molecule has 0 aliphatic rings. The molecule has 1 heterocycles. The molecule has 0 saturated carbocycles. The quantitative estimate of drug-likeness (QED) is 0.689. The fraction of sp³-hybridized carbons (Fsp3) is 0.333. The summed E-state index contributed by atoms with van der Waals surface area (Å²) in [5, 5.41) is 2.53. The number of hydrogen-bond donors (Lipinski definition) is 1. The Morgan fingerprint density at radius 1 is 1.19 bits per heavy atom. The van der Waals surface area contributed by atoms with Crippen LogP contribution in [0.5, 0.6) is 0 Å². The van der Waals surface area contributed by atoms with Crippen molar-refractivity contribution in [3.63, 3.8) is 0 Å². The summed E-state index contributed by atoms with van der Waals surface area (Å²) in [5.74, 6) is -1.36. The van der Waals surface area contributed by atoms with E-state index in [1.807, 2.05) is 0 Å². The Balaban J connectivity index is 2.09. The summed E-state index contributed by atoms with van der Waals surface area (Å²) in [6.45, 7) is 5.37. The molecular formula is C18H22N2O6S. The van der Waals surface area contributed by atoms with E-state index in [1.54, 1.807) is 32.9 Å². The lowest BCUT2D eigenvalue weighted by Crippen LogP contribution is -2.31. The highest BCUT2D eigenvalue weighted by atomic mass is 32.2. The van der Waals surface area contributed by atoms with Gasteiger partial charge in [-0.15, -0.1) is 0 Å². The molecule has 1 amide bonds. The van der Waals surface area contributed by atoms with Crippen molar-refractivity contribution in [2.75, 3.05) is 25.0 Å². The predicted molar refractivity (Wildman–Crippen MR) is 98.9 cm³/mol. The Hall–Kier alpha value is -2.65. The number of anilines is 1. The average Bonchev–Trinajstić information content (AvgIpc) is 3.16. The van der Waals surface area contributed by atoms with Gasteiger partial charge in [0.25, 0.3) is 5.91 Å². The fourth-order valence-corrected chi connectivity index (χ4v) is 4.16. The minimum Gasteiger partial charge on any atom is -0.457 e. The number of hydrogen-bond acceptors (Lipinski definition) is 6. The minimum atomic E-state index is -3.66. The van der Waals surface area contributed by atoms with Gasteiger partial charge in [0.1, 0.15) is 0 Å². The monoisotopic (exact) mass is 394 g/mol. The van der Waals surface area contributed by atoms with Crippen LogP contribution < -0.4 is 5.32 Å². The number of amides is 1. The van der Waals surface area contributed by atoms with Gasteiger partial charge in [0.05, 0.1) is 11.2 Å². The number of nitrogens with one attached hydrogen (secondary N) is 1. The van der Waals surface area contributed by atoms with Gasteiger partial charge in [0.15, 0.2) is 6.61 Å². The normalized spacial score (nSPS) is 11.4. The zero-order valence-electron chi connectivity index (χ0n) is 15.4. The molecule has 0 unspecified atom stereocenters. The maximum absolute atomic E-state index is 12.7. The molecule has 27 heavy (non-hydrogen) atoms. The first kappa shape index (κ1) is 20.7. The SMILES string of the molecule is CCN(CC)S(=O)(=O)c1cc(NC(=O)COC(=O)c2ccco2)ccc1C. The van der Waals surface area contributed by atoms with Gasteiger partial charge in [-0.25, -0.2) is 13.2 Å². The van der Waals surface area contributed by atoms with E-state index in [4.69, 9.17) is 9.15 Å². The van der Waals surface area contributed by atoms with Crippen LogP contribution >= 0.6 is 0 Å². The molecule has 1 aromatic heterocycles. The molecule has 0 aliphatic carbocycles. The van der Waals surface area contributed by atoms with Crippen molar-refractivity contribution in [2.45, 2.75) is 25.7 Å². The minimum absolute atomic E-state index is 0.00858. The van der Waals surface area contributed by atoms with E-state index in [2.05, 4.69) is 5.32 Å². The molecule has 0 atom stereocenters. The van der Waals surface area contributed by atoms with Crippen LogP contribution in [-0.2, 0) is 19.6 Å². The van der Waals surface area contributed by atoms with Crippen molar-refractivity contribution in [3.8, 4) is 0 Å². The third-order valence-corrected chi connectivity index (χ3v) is 6.04. The van der Waals surface area contributed by atoms with E-state index in [0.29, 0.717) is 24.3 Å². The van der Waals surface area contributed by atoms with Crippen molar-refractivity contribution in [3.05, 3.63) is 47.9 Å². The zero-order valence-corrected chi connectivity index (χ0v) is 16.2. The second kappa shape index (κ2) is 8.83. The van der Waals surface area contributed by atoms with Crippen molar-refractivity contribution in [1.29, 1.82) is 0 Å². The molecule has 1 aromatic carbocycles. The van der Waals surface area contributed by atoms with Gasteiger partial charge in [-0.3, -0.25) is 4.79 Å². The first-order chi connectivity index (χ1) is 12.8. The number of nitrogens with zero attached hydrogens (tertiary/aromatic N) is 1. The first-order valence-electron chi connectivity index (χ1n) is 8.40. The highest BCUT2D eigenvalue weighted by molar-refractivity contribution is 7.89. The van der Waals surface area contributed by atoms with Crippen molar-refractivity contribution < 1.29 is 27.2 Å². The highest BCUT2D eigenvalue weighted by Crippen LogP contribution is 2.23. The molecule has 0 spiro atoms. The standard InChI is InChI=1S/C18H22N2O6S/c1-4-20(5-2)27(23,24)16-11-14(9-8-13(16)3)19-17(21)12-26-18(22)15-7-6-10-25-15/h6-11H,4-5,12H2,1-3H3,(H,19,21). The summed E-state index contributed by atoms with van der Waals surface area (Å²) in [6.07, 6.45) is 1.32. The summed E-state index contributed by atoms with van der Waals surface area (Å²) < 4.78 is 36.5. The predicted octanol–water partition coefficient (Wildman–Crippen LogP) is 2.41. The molecule has 0 radical (unpaired) electrons. The number of sulfonamides is 1. The highest BCUT2D eigenvalue weighted by Gasteiger charge is 2.24. The van der Waals surface area contributed by atoms with Crippen molar-refractivity contribution in [1.82, 2.24) is 4.31 Å². The van der Waals surface area contributed by atoms with Gasteiger partial charge in [-0.05, 0) is 36.8 Å². The molecule has 0 fully saturated rings. The molecule has 2 rings (SSSR count). The van der Waals surface area contributed by atoms with Crippen LogP contribution in [0, 0.1) is 6.92 Å². The summed E-state index contributed by atoms with van der Waals surface area (Å²) in [4.78, 5) is 23.8. The molecular weight excluding hydrogens is 372 g/mol. The number of rotatable bonds is 8. The lowest BCUT2D eigenvalue weighted by Gasteiger charge is -2.20. The van der Waals surface area contributed by atoms with Crippen LogP contribution in [0.3, 0.4) is 0 Å². The van der Waals surface area contributed by atoms with Crippen LogP contribution in [0.4, 0.5) is 5.69 Å². The summed E-state index contributed by atoms with van der Waals surface area (Å²) in [6, 6.07) is 7.55. The molecule has 146 valence electrons. The Labute approximate surface area is 158 Å². The third-order valence-electron chi connectivity index (χ3n) is 3.85. The van der Waals surface area contributed by atoms with Crippen LogP contribution in [0.15, 0.2) is 45.9 Å². The summed E-state index contributed by atoms with van der Waals surface area (Å²) in [7, 11) is -3.66. The molecule has 0 aliphatic heterocycles. The van der Waals surface area contributed by atoms with Crippen LogP contribution in [-0.4, -0.2) is 44.3 Å². The molecule has 0 saturated heterocycles. The Kier molecular flexibility index (Phi) is 6.75. The Morgan fingerprint density at radius 2 is 1.89 bits per heavy atom. The molecule has 2 aromatic rings. The van der Waals surface area contributed by atoms with Crippen molar-refractivity contribution >= 4 is 27.6 Å². The van der Waals surface area contributed by atoms with Crippen LogP contribution in [0.2, 0.25) is 0 Å². The van der Waals surface area contributed by atoms with Gasteiger partial charge in [0, 0.05) is 18.8 Å². The Bertz CT molecular complexity index is 902. The Morgan fingerprint density at radius 3 is 2.48 bits per heavy atom. The summed E-state index contributed by atoms with van der Waals surface area (Å²) >= 11 is 0. The largest absolute Gasteiger partial charge is 0.457 e. The number of aryl methyl sites for hydroxylation is 1. The van der Waals surface area contributed by atoms with Crippen LogP contribution in [0.1, 0.15) is 30.0 Å². The lowest BCUT2D eigenvalue weighted by molar-refractivity contribution is -0.119. The fourth-order valence-electron chi connectivity index (χ4n) is 2.45. The average molecular weight is 394 g/mol. The number of carbonyl (C=O) groups excluding carboxylic acids is 2. The molecule has 0 bridgehead atoms. The molecule has 9 heteroatoms. The lowest BCUT2D eigenvalue weighted by atomic mass is 10.2. The number of esters is 1. The van der Waals surface area contributed by atoms with Crippen molar-refractivity contribution in [2.24, 2.45) is 0 Å². The zero-order chi connectivity index (χ0) is 20.0. The number of furan rings is 1. The van der Waals surface area contributed by atoms with Gasteiger partial charge >= 0.3 is 5.97 Å². The molecule has 8 nitrogen and oxygen atoms in total. The van der Waals surface area contributed by atoms with E-state index in [-0.39, 0.29) is 10.7 Å².